The summed E-state index contributed by atoms with van der Waals surface area (Å²) in [5.41, 5.74) is 3.97. The summed E-state index contributed by atoms with van der Waals surface area (Å²) in [6, 6.07) is 17.5. The predicted molar refractivity (Wildman–Crippen MR) is 135 cm³/mol. The van der Waals surface area contributed by atoms with E-state index in [0.29, 0.717) is 6.61 Å². The molecule has 0 fully saturated rings. The van der Waals surface area contributed by atoms with Gasteiger partial charge in [0.25, 0.3) is 0 Å². The van der Waals surface area contributed by atoms with Gasteiger partial charge in [0, 0.05) is 0 Å². The normalized spacial score (nSPS) is 16.9. The van der Waals surface area contributed by atoms with E-state index < -0.39 is 11.6 Å². The summed E-state index contributed by atoms with van der Waals surface area (Å²) in [6.07, 6.45) is 2.81. The Bertz CT molecular complexity index is 1170. The highest BCUT2D eigenvalue weighted by atomic mass is 19.1. The number of hydrogen-bond donors (Lipinski definition) is 0. The standard InChI is InChI=1S/C25H23F2NO2.C4H7F/c1-4-29-19-11-8-17(9-12-19)18-10-13-20(15(2)14-18)24-16(3)30-25(28-24)23-21(26)6-5-7-22(23)27;1-2-3-4-5/h5-14,16,24H,4H2,1-3H3;2-3H,4H2,1H3/b;3-2-. The predicted octanol–water partition coefficient (Wildman–Crippen LogP) is 7.78. The Labute approximate surface area is 204 Å². The van der Waals surface area contributed by atoms with Crippen LogP contribution in [0.25, 0.3) is 11.1 Å². The van der Waals surface area contributed by atoms with Gasteiger partial charge in [0.05, 0.1) is 6.61 Å². The van der Waals surface area contributed by atoms with Gasteiger partial charge in [-0.1, -0.05) is 48.6 Å². The largest absolute Gasteiger partial charge is 0.494 e. The molecule has 0 amide bonds. The first-order chi connectivity index (χ1) is 16.9. The molecule has 0 N–H and O–H groups in total. The summed E-state index contributed by atoms with van der Waals surface area (Å²) in [6.45, 7) is 7.92. The fraction of sp³-hybridized carbons (Fsp3) is 0.276. The van der Waals surface area contributed by atoms with Gasteiger partial charge in [-0.25, -0.2) is 18.2 Å². The van der Waals surface area contributed by atoms with Crippen LogP contribution in [0.1, 0.15) is 43.5 Å². The van der Waals surface area contributed by atoms with Crippen molar-refractivity contribution < 1.29 is 22.6 Å². The Morgan fingerprint density at radius 3 is 2.20 bits per heavy atom. The maximum absolute atomic E-state index is 14.1. The van der Waals surface area contributed by atoms with Crippen molar-refractivity contribution in [3.05, 3.63) is 101 Å². The number of allylic oxidation sites excluding steroid dienone is 2. The number of alkyl halides is 1. The van der Waals surface area contributed by atoms with Crippen LogP contribution in [-0.4, -0.2) is 25.3 Å². The van der Waals surface area contributed by atoms with Gasteiger partial charge in [0.15, 0.2) is 0 Å². The third-order valence-electron chi connectivity index (χ3n) is 5.59. The average Bonchev–Trinajstić information content (AvgIpc) is 3.21. The number of aliphatic imine (C=N–C) groups is 1. The lowest BCUT2D eigenvalue weighted by molar-refractivity contribution is 0.212. The van der Waals surface area contributed by atoms with Crippen molar-refractivity contribution in [2.24, 2.45) is 4.99 Å². The number of ether oxygens (including phenoxy) is 2. The topological polar surface area (TPSA) is 30.8 Å². The van der Waals surface area contributed by atoms with Crippen LogP contribution < -0.4 is 4.74 Å². The van der Waals surface area contributed by atoms with Gasteiger partial charge in [-0.05, 0) is 74.2 Å². The number of halogens is 3. The molecule has 35 heavy (non-hydrogen) atoms. The molecule has 184 valence electrons. The zero-order valence-corrected chi connectivity index (χ0v) is 20.4. The minimum atomic E-state index is -0.677. The third-order valence-corrected chi connectivity index (χ3v) is 5.59. The summed E-state index contributed by atoms with van der Waals surface area (Å²) in [4.78, 5) is 4.52. The van der Waals surface area contributed by atoms with Crippen LogP contribution in [0.4, 0.5) is 13.2 Å². The van der Waals surface area contributed by atoms with Crippen molar-refractivity contribution >= 4 is 5.90 Å². The molecule has 2 unspecified atom stereocenters. The lowest BCUT2D eigenvalue weighted by Gasteiger charge is -2.16. The molecule has 0 aliphatic carbocycles. The van der Waals surface area contributed by atoms with Crippen molar-refractivity contribution in [2.75, 3.05) is 13.3 Å². The molecule has 0 aromatic heterocycles. The van der Waals surface area contributed by atoms with Gasteiger partial charge < -0.3 is 9.47 Å². The zero-order chi connectivity index (χ0) is 25.4. The van der Waals surface area contributed by atoms with Crippen LogP contribution in [0.5, 0.6) is 5.75 Å². The fourth-order valence-corrected chi connectivity index (χ4v) is 3.84. The van der Waals surface area contributed by atoms with Crippen LogP contribution in [0.3, 0.4) is 0 Å². The van der Waals surface area contributed by atoms with E-state index in [2.05, 4.69) is 11.1 Å². The Morgan fingerprint density at radius 2 is 1.66 bits per heavy atom. The van der Waals surface area contributed by atoms with Gasteiger partial charge in [-0.3, -0.25) is 0 Å². The first-order valence-corrected chi connectivity index (χ1v) is 11.6. The molecule has 3 nitrogen and oxygen atoms in total. The molecule has 0 spiro atoms. The molecule has 1 aliphatic heterocycles. The minimum absolute atomic E-state index is 0.0121. The van der Waals surface area contributed by atoms with Crippen molar-refractivity contribution in [1.82, 2.24) is 0 Å². The molecule has 0 saturated carbocycles. The first-order valence-electron chi connectivity index (χ1n) is 11.6. The smallest absolute Gasteiger partial charge is 0.223 e. The van der Waals surface area contributed by atoms with E-state index in [9.17, 15) is 13.2 Å². The maximum atomic E-state index is 14.1. The van der Waals surface area contributed by atoms with Gasteiger partial charge in [0.2, 0.25) is 5.90 Å². The fourth-order valence-electron chi connectivity index (χ4n) is 3.84. The molecule has 3 aromatic carbocycles. The number of hydrogen-bond acceptors (Lipinski definition) is 3. The summed E-state index contributed by atoms with van der Waals surface area (Å²) in [5.74, 6) is -0.500. The highest BCUT2D eigenvalue weighted by Crippen LogP contribution is 2.35. The monoisotopic (exact) mass is 481 g/mol. The SMILES string of the molecule is C/C=C\CF.CCOc1ccc(-c2ccc(C3N=C(c4c(F)cccc4F)OC3C)c(C)c2)cc1. The van der Waals surface area contributed by atoms with Crippen LogP contribution in [0, 0.1) is 18.6 Å². The third kappa shape index (κ3) is 6.32. The van der Waals surface area contributed by atoms with Gasteiger partial charge >= 0.3 is 0 Å². The maximum Gasteiger partial charge on any atom is 0.223 e. The second-order valence-corrected chi connectivity index (χ2v) is 8.05. The molecule has 0 bridgehead atoms. The van der Waals surface area contributed by atoms with Crippen molar-refractivity contribution in [3.8, 4) is 16.9 Å². The van der Waals surface area contributed by atoms with E-state index in [1.807, 2.05) is 57.2 Å². The average molecular weight is 482 g/mol. The molecule has 6 heteroatoms. The van der Waals surface area contributed by atoms with Crippen molar-refractivity contribution in [1.29, 1.82) is 0 Å². The highest BCUT2D eigenvalue weighted by molar-refractivity contribution is 5.96. The quantitative estimate of drug-likeness (QED) is 0.337. The van der Waals surface area contributed by atoms with Crippen LogP contribution in [-0.2, 0) is 4.74 Å². The van der Waals surface area contributed by atoms with E-state index in [1.54, 1.807) is 13.0 Å². The molecular weight excluding hydrogens is 451 g/mol. The summed E-state index contributed by atoms with van der Waals surface area (Å²) >= 11 is 0. The Balaban J connectivity index is 0.000000623. The van der Waals surface area contributed by atoms with Crippen molar-refractivity contribution in [2.45, 2.75) is 39.8 Å². The Hall–Kier alpha value is -3.54. The van der Waals surface area contributed by atoms with E-state index in [0.717, 1.165) is 28.0 Å². The number of aryl methyl sites for hydroxylation is 1. The highest BCUT2D eigenvalue weighted by Gasteiger charge is 2.32. The van der Waals surface area contributed by atoms with E-state index in [1.165, 1.54) is 24.3 Å². The zero-order valence-electron chi connectivity index (χ0n) is 20.4. The Kier molecular flexibility index (Phi) is 9.12. The Morgan fingerprint density at radius 1 is 1.00 bits per heavy atom. The lowest BCUT2D eigenvalue weighted by atomic mass is 9.94. The van der Waals surface area contributed by atoms with Crippen LogP contribution in [0.15, 0.2) is 77.8 Å². The molecule has 1 aliphatic rings. The van der Waals surface area contributed by atoms with E-state index >= 15 is 0 Å². The van der Waals surface area contributed by atoms with Crippen molar-refractivity contribution in [3.63, 3.8) is 0 Å². The first kappa shape index (κ1) is 26.1. The molecule has 3 aromatic rings. The van der Waals surface area contributed by atoms with Gasteiger partial charge in [-0.15, -0.1) is 0 Å². The minimum Gasteiger partial charge on any atom is -0.494 e. The number of rotatable bonds is 6. The second-order valence-electron chi connectivity index (χ2n) is 8.05. The van der Waals surface area contributed by atoms with E-state index in [-0.39, 0.29) is 30.3 Å². The van der Waals surface area contributed by atoms with Gasteiger partial charge in [0.1, 0.15) is 41.8 Å². The number of nitrogens with zero attached hydrogens (tertiary/aromatic N) is 1. The molecular formula is C29H30F3NO2. The van der Waals surface area contributed by atoms with Crippen LogP contribution in [0.2, 0.25) is 0 Å². The second kappa shape index (κ2) is 12.2. The molecule has 0 saturated heterocycles. The summed E-state index contributed by atoms with van der Waals surface area (Å²) in [5, 5.41) is 0. The summed E-state index contributed by atoms with van der Waals surface area (Å²) in [7, 11) is 0. The number of benzene rings is 3. The van der Waals surface area contributed by atoms with Crippen LogP contribution >= 0.6 is 0 Å². The molecule has 4 rings (SSSR count). The molecule has 2 atom stereocenters. The molecule has 1 heterocycles. The summed E-state index contributed by atoms with van der Waals surface area (Å²) < 4.78 is 50.4. The van der Waals surface area contributed by atoms with Gasteiger partial charge in [-0.2, -0.15) is 0 Å². The lowest BCUT2D eigenvalue weighted by Crippen LogP contribution is -2.14. The van der Waals surface area contributed by atoms with E-state index in [4.69, 9.17) is 9.47 Å². The molecule has 0 radical (unpaired) electrons.